The van der Waals surface area contributed by atoms with E-state index in [1.165, 1.54) is 5.56 Å². The molecule has 0 unspecified atom stereocenters. The highest BCUT2D eigenvalue weighted by Gasteiger charge is 1.97. The van der Waals surface area contributed by atoms with Crippen molar-refractivity contribution < 1.29 is 9.90 Å². The lowest BCUT2D eigenvalue weighted by Crippen LogP contribution is -2.22. The third kappa shape index (κ3) is 5.44. The van der Waals surface area contributed by atoms with Gasteiger partial charge in [-0.25, -0.2) is 0 Å². The van der Waals surface area contributed by atoms with Crippen LogP contribution in [0.3, 0.4) is 0 Å². The van der Waals surface area contributed by atoms with E-state index in [9.17, 15) is 9.90 Å². The molecule has 0 saturated heterocycles. The quantitative estimate of drug-likeness (QED) is 0.633. The van der Waals surface area contributed by atoms with Crippen LogP contribution in [-0.4, -0.2) is 17.6 Å². The van der Waals surface area contributed by atoms with Gasteiger partial charge in [0.2, 0.25) is 5.91 Å². The minimum absolute atomic E-state index is 0.0767. The van der Waals surface area contributed by atoms with Crippen LogP contribution in [0.15, 0.2) is 54.6 Å². The fraction of sp³-hybridized carbons (Fsp3) is 0.211. The van der Waals surface area contributed by atoms with Gasteiger partial charge >= 0.3 is 0 Å². The Morgan fingerprint density at radius 2 is 1.95 bits per heavy atom. The van der Waals surface area contributed by atoms with Crippen LogP contribution in [0.1, 0.15) is 23.1 Å². The number of aromatic hydroxyl groups is 1. The molecule has 2 rings (SSSR count). The second-order valence-corrected chi connectivity index (χ2v) is 5.31. The Labute approximate surface area is 131 Å². The standard InChI is InChI=1S/C19H21NO2/c1-15-4-2-5-17(14-15)9-12-19(22)20-13-3-6-16-7-10-18(21)11-8-16/h2,4-5,7-12,14,21H,3,6,13H2,1H3,(H,20,22)/b12-9+. The number of carbonyl (C=O) groups excluding carboxylic acids is 1. The number of nitrogens with one attached hydrogen (secondary N) is 1. The van der Waals surface area contributed by atoms with Crippen molar-refractivity contribution in [2.45, 2.75) is 19.8 Å². The Kier molecular flexibility index (Phi) is 5.78. The molecule has 0 aliphatic rings. The van der Waals surface area contributed by atoms with E-state index in [2.05, 4.69) is 5.32 Å². The molecule has 0 aromatic heterocycles. The zero-order valence-electron chi connectivity index (χ0n) is 12.8. The van der Waals surface area contributed by atoms with Crippen molar-refractivity contribution in [2.24, 2.45) is 0 Å². The number of hydrogen-bond donors (Lipinski definition) is 2. The SMILES string of the molecule is Cc1cccc(/C=C/C(=O)NCCCc2ccc(O)cc2)c1. The molecule has 3 heteroatoms. The van der Waals surface area contributed by atoms with Gasteiger partial charge in [-0.15, -0.1) is 0 Å². The fourth-order valence-electron chi connectivity index (χ4n) is 2.17. The van der Waals surface area contributed by atoms with E-state index in [4.69, 9.17) is 0 Å². The van der Waals surface area contributed by atoms with Crippen molar-refractivity contribution >= 4 is 12.0 Å². The first-order valence-corrected chi connectivity index (χ1v) is 7.44. The van der Waals surface area contributed by atoms with E-state index >= 15 is 0 Å². The van der Waals surface area contributed by atoms with E-state index in [-0.39, 0.29) is 11.7 Å². The third-order valence-corrected chi connectivity index (χ3v) is 3.35. The Balaban J connectivity index is 1.70. The van der Waals surface area contributed by atoms with Crippen LogP contribution in [0.2, 0.25) is 0 Å². The van der Waals surface area contributed by atoms with Gasteiger partial charge < -0.3 is 10.4 Å². The fourth-order valence-corrected chi connectivity index (χ4v) is 2.17. The summed E-state index contributed by atoms with van der Waals surface area (Å²) in [4.78, 5) is 11.7. The van der Waals surface area contributed by atoms with Crippen LogP contribution < -0.4 is 5.32 Å². The van der Waals surface area contributed by atoms with Crippen molar-refractivity contribution in [1.29, 1.82) is 0 Å². The van der Waals surface area contributed by atoms with Crippen molar-refractivity contribution in [3.63, 3.8) is 0 Å². The highest BCUT2D eigenvalue weighted by Crippen LogP contribution is 2.10. The van der Waals surface area contributed by atoms with Gasteiger partial charge in [-0.05, 0) is 49.1 Å². The number of hydrogen-bond acceptors (Lipinski definition) is 2. The van der Waals surface area contributed by atoms with Gasteiger partial charge in [-0.1, -0.05) is 42.0 Å². The van der Waals surface area contributed by atoms with Crippen LogP contribution in [0, 0.1) is 6.92 Å². The maximum Gasteiger partial charge on any atom is 0.243 e. The van der Waals surface area contributed by atoms with Crippen molar-refractivity contribution in [3.05, 3.63) is 71.3 Å². The minimum atomic E-state index is -0.0767. The van der Waals surface area contributed by atoms with Gasteiger partial charge in [-0.3, -0.25) is 4.79 Å². The van der Waals surface area contributed by atoms with Crippen molar-refractivity contribution in [3.8, 4) is 5.75 Å². The number of amides is 1. The number of carbonyl (C=O) groups is 1. The molecule has 0 aliphatic heterocycles. The number of aryl methyl sites for hydroxylation is 2. The highest BCUT2D eigenvalue weighted by atomic mass is 16.3. The van der Waals surface area contributed by atoms with Crippen LogP contribution >= 0.6 is 0 Å². The predicted octanol–water partition coefficient (Wildman–Crippen LogP) is 3.46. The van der Waals surface area contributed by atoms with E-state index in [1.807, 2.05) is 49.4 Å². The van der Waals surface area contributed by atoms with E-state index < -0.39 is 0 Å². The van der Waals surface area contributed by atoms with Crippen LogP contribution in [0.5, 0.6) is 5.75 Å². The molecule has 0 radical (unpaired) electrons. The van der Waals surface area contributed by atoms with Gasteiger partial charge in [0.05, 0.1) is 0 Å². The Morgan fingerprint density at radius 1 is 1.18 bits per heavy atom. The van der Waals surface area contributed by atoms with Crippen LogP contribution in [0.4, 0.5) is 0 Å². The summed E-state index contributed by atoms with van der Waals surface area (Å²) in [5.74, 6) is 0.200. The molecule has 2 aromatic carbocycles. The lowest BCUT2D eigenvalue weighted by molar-refractivity contribution is -0.116. The van der Waals surface area contributed by atoms with Gasteiger partial charge in [0.25, 0.3) is 0 Å². The Morgan fingerprint density at radius 3 is 2.68 bits per heavy atom. The summed E-state index contributed by atoms with van der Waals surface area (Å²) in [6.45, 7) is 2.67. The zero-order chi connectivity index (χ0) is 15.8. The van der Waals surface area contributed by atoms with Crippen molar-refractivity contribution in [1.82, 2.24) is 5.32 Å². The molecule has 2 N–H and O–H groups in total. The second-order valence-electron chi connectivity index (χ2n) is 5.31. The summed E-state index contributed by atoms with van der Waals surface area (Å²) in [7, 11) is 0. The largest absolute Gasteiger partial charge is 0.508 e. The molecule has 114 valence electrons. The molecule has 0 fully saturated rings. The Hall–Kier alpha value is -2.55. The monoisotopic (exact) mass is 295 g/mol. The average molecular weight is 295 g/mol. The molecule has 0 spiro atoms. The van der Waals surface area contributed by atoms with Gasteiger partial charge in [0.15, 0.2) is 0 Å². The summed E-state index contributed by atoms with van der Waals surface area (Å²) in [6.07, 6.45) is 5.13. The summed E-state index contributed by atoms with van der Waals surface area (Å²) in [5, 5.41) is 12.1. The van der Waals surface area contributed by atoms with Crippen LogP contribution in [0.25, 0.3) is 6.08 Å². The molecule has 0 heterocycles. The van der Waals surface area contributed by atoms with Gasteiger partial charge in [0, 0.05) is 12.6 Å². The molecule has 0 atom stereocenters. The predicted molar refractivity (Wildman–Crippen MR) is 89.7 cm³/mol. The van der Waals surface area contributed by atoms with Crippen LogP contribution in [-0.2, 0) is 11.2 Å². The summed E-state index contributed by atoms with van der Waals surface area (Å²) < 4.78 is 0. The number of phenolic OH excluding ortho intramolecular Hbond substituents is 1. The molecule has 0 saturated carbocycles. The topological polar surface area (TPSA) is 49.3 Å². The second kappa shape index (κ2) is 8.03. The lowest BCUT2D eigenvalue weighted by atomic mass is 10.1. The van der Waals surface area contributed by atoms with Crippen molar-refractivity contribution in [2.75, 3.05) is 6.54 Å². The summed E-state index contributed by atoms with van der Waals surface area (Å²) >= 11 is 0. The van der Waals surface area contributed by atoms with E-state index in [0.717, 1.165) is 24.0 Å². The highest BCUT2D eigenvalue weighted by molar-refractivity contribution is 5.91. The summed E-state index contributed by atoms with van der Waals surface area (Å²) in [6, 6.07) is 15.2. The molecular weight excluding hydrogens is 274 g/mol. The van der Waals surface area contributed by atoms with E-state index in [0.29, 0.717) is 6.54 Å². The maximum absolute atomic E-state index is 11.7. The molecule has 2 aromatic rings. The number of phenols is 1. The lowest BCUT2D eigenvalue weighted by Gasteiger charge is -2.03. The number of rotatable bonds is 6. The van der Waals surface area contributed by atoms with E-state index in [1.54, 1.807) is 18.2 Å². The molecule has 0 bridgehead atoms. The molecular formula is C19H21NO2. The average Bonchev–Trinajstić information content (AvgIpc) is 2.51. The number of benzene rings is 2. The Bertz CT molecular complexity index is 645. The normalized spacial score (nSPS) is 10.8. The first-order chi connectivity index (χ1) is 10.6. The van der Waals surface area contributed by atoms with Gasteiger partial charge in [-0.2, -0.15) is 0 Å². The zero-order valence-corrected chi connectivity index (χ0v) is 12.8. The molecule has 1 amide bonds. The maximum atomic E-state index is 11.7. The first-order valence-electron chi connectivity index (χ1n) is 7.44. The molecule has 3 nitrogen and oxygen atoms in total. The van der Waals surface area contributed by atoms with Gasteiger partial charge in [0.1, 0.15) is 5.75 Å². The minimum Gasteiger partial charge on any atom is -0.508 e. The first kappa shape index (κ1) is 15.8. The summed E-state index contributed by atoms with van der Waals surface area (Å²) in [5.41, 5.74) is 3.36. The molecule has 0 aliphatic carbocycles. The smallest absolute Gasteiger partial charge is 0.243 e. The third-order valence-electron chi connectivity index (χ3n) is 3.35. The molecule has 22 heavy (non-hydrogen) atoms.